The summed E-state index contributed by atoms with van der Waals surface area (Å²) in [6.45, 7) is 2.27. The number of likely N-dealkylation sites (N-methyl/N-ethyl adjacent to an activating group) is 1. The van der Waals surface area contributed by atoms with E-state index in [9.17, 15) is 9.90 Å². The molecule has 112 valence electrons. The average Bonchev–Trinajstić information content (AvgIpc) is 2.34. The topological polar surface area (TPSA) is 61.8 Å². The highest BCUT2D eigenvalue weighted by molar-refractivity contribution is 9.10. The van der Waals surface area contributed by atoms with E-state index < -0.39 is 5.60 Å². The molecule has 1 unspecified atom stereocenters. The van der Waals surface area contributed by atoms with Gasteiger partial charge in [-0.2, -0.15) is 0 Å². The predicted molar refractivity (Wildman–Crippen MR) is 81.8 cm³/mol. The third-order valence-electron chi connectivity index (χ3n) is 2.51. The molecule has 0 heterocycles. The maximum atomic E-state index is 11.6. The smallest absolute Gasteiger partial charge is 0.258 e. The van der Waals surface area contributed by atoms with Gasteiger partial charge in [-0.1, -0.05) is 15.9 Å². The van der Waals surface area contributed by atoms with Crippen LogP contribution in [0.5, 0.6) is 5.75 Å². The predicted octanol–water partition coefficient (Wildman–Crippen LogP) is 1.26. The number of benzene rings is 1. The van der Waals surface area contributed by atoms with Crippen LogP contribution in [0.1, 0.15) is 6.92 Å². The first-order valence-electron chi connectivity index (χ1n) is 6.31. The molecule has 0 aliphatic carbocycles. The largest absolute Gasteiger partial charge is 0.484 e. The molecule has 5 nitrogen and oxygen atoms in total. The third kappa shape index (κ3) is 6.88. The summed E-state index contributed by atoms with van der Waals surface area (Å²) in [5.41, 5.74) is -0.962. The number of amides is 1. The van der Waals surface area contributed by atoms with Crippen molar-refractivity contribution < 1.29 is 14.6 Å². The van der Waals surface area contributed by atoms with Gasteiger partial charge in [-0.15, -0.1) is 0 Å². The number of nitrogens with zero attached hydrogens (tertiary/aromatic N) is 1. The Kier molecular flexibility index (Phi) is 6.45. The Hall–Kier alpha value is -1.11. The van der Waals surface area contributed by atoms with Crippen molar-refractivity contribution in [2.24, 2.45) is 0 Å². The minimum atomic E-state index is -0.962. The van der Waals surface area contributed by atoms with Gasteiger partial charge in [-0.25, -0.2) is 0 Å². The molecular weight excluding hydrogens is 324 g/mol. The van der Waals surface area contributed by atoms with E-state index in [0.717, 1.165) is 4.47 Å². The third-order valence-corrected chi connectivity index (χ3v) is 3.04. The van der Waals surface area contributed by atoms with Gasteiger partial charge in [0.2, 0.25) is 0 Å². The van der Waals surface area contributed by atoms with Crippen molar-refractivity contribution in [1.82, 2.24) is 10.2 Å². The fourth-order valence-corrected chi connectivity index (χ4v) is 2.02. The lowest BCUT2D eigenvalue weighted by atomic mass is 10.1. The van der Waals surface area contributed by atoms with Gasteiger partial charge in [-0.3, -0.25) is 4.79 Å². The first kappa shape index (κ1) is 16.9. The van der Waals surface area contributed by atoms with E-state index in [1.807, 2.05) is 31.1 Å². The fraction of sp³-hybridized carbons (Fsp3) is 0.500. The number of carbonyl (C=O) groups excluding carboxylic acids is 1. The zero-order valence-corrected chi connectivity index (χ0v) is 13.6. The minimum absolute atomic E-state index is 0.0698. The van der Waals surface area contributed by atoms with E-state index in [4.69, 9.17) is 4.74 Å². The molecule has 0 aliphatic heterocycles. The molecular formula is C14H21BrN2O3. The Bertz CT molecular complexity index is 433. The van der Waals surface area contributed by atoms with E-state index in [2.05, 4.69) is 21.2 Å². The molecule has 0 bridgehead atoms. The molecule has 0 radical (unpaired) electrons. The zero-order valence-electron chi connectivity index (χ0n) is 12.0. The van der Waals surface area contributed by atoms with Crippen LogP contribution < -0.4 is 10.1 Å². The van der Waals surface area contributed by atoms with Crippen LogP contribution in [0.2, 0.25) is 0 Å². The zero-order chi connectivity index (χ0) is 15.2. The van der Waals surface area contributed by atoms with Crippen LogP contribution in [-0.2, 0) is 4.79 Å². The molecule has 1 rings (SSSR count). The monoisotopic (exact) mass is 344 g/mol. The Balaban J connectivity index is 2.32. The molecule has 0 saturated heterocycles. The van der Waals surface area contributed by atoms with Gasteiger partial charge in [0.25, 0.3) is 5.91 Å². The van der Waals surface area contributed by atoms with Gasteiger partial charge in [0.05, 0.1) is 5.60 Å². The number of halogens is 1. The van der Waals surface area contributed by atoms with Gasteiger partial charge >= 0.3 is 0 Å². The van der Waals surface area contributed by atoms with Crippen LogP contribution >= 0.6 is 15.9 Å². The molecule has 1 aromatic rings. The second-order valence-electron chi connectivity index (χ2n) is 5.25. The van der Waals surface area contributed by atoms with Crippen molar-refractivity contribution in [3.63, 3.8) is 0 Å². The van der Waals surface area contributed by atoms with Gasteiger partial charge in [0, 0.05) is 17.6 Å². The van der Waals surface area contributed by atoms with Gasteiger partial charge in [-0.05, 0) is 45.3 Å². The quantitative estimate of drug-likeness (QED) is 0.781. The lowest BCUT2D eigenvalue weighted by molar-refractivity contribution is -0.124. The van der Waals surface area contributed by atoms with E-state index in [-0.39, 0.29) is 19.1 Å². The minimum Gasteiger partial charge on any atom is -0.484 e. The number of aliphatic hydroxyl groups is 1. The van der Waals surface area contributed by atoms with Crippen LogP contribution in [0.3, 0.4) is 0 Å². The van der Waals surface area contributed by atoms with Crippen LogP contribution in [0.15, 0.2) is 28.7 Å². The Morgan fingerprint density at radius 1 is 1.40 bits per heavy atom. The molecule has 20 heavy (non-hydrogen) atoms. The van der Waals surface area contributed by atoms with E-state index in [1.54, 1.807) is 19.1 Å². The first-order chi connectivity index (χ1) is 9.28. The number of hydrogen-bond donors (Lipinski definition) is 2. The first-order valence-corrected chi connectivity index (χ1v) is 7.10. The molecule has 1 aromatic carbocycles. The highest BCUT2D eigenvalue weighted by atomic mass is 79.9. The Labute approximate surface area is 128 Å². The van der Waals surface area contributed by atoms with Gasteiger partial charge < -0.3 is 20.1 Å². The number of carbonyl (C=O) groups is 1. The molecule has 0 spiro atoms. The summed E-state index contributed by atoms with van der Waals surface area (Å²) in [6, 6.07) is 7.24. The van der Waals surface area contributed by atoms with Crippen LogP contribution in [0.25, 0.3) is 0 Å². The van der Waals surface area contributed by atoms with Crippen molar-refractivity contribution in [2.45, 2.75) is 12.5 Å². The summed E-state index contributed by atoms with van der Waals surface area (Å²) in [5, 5.41) is 12.7. The molecule has 0 aromatic heterocycles. The van der Waals surface area contributed by atoms with Crippen molar-refractivity contribution in [3.05, 3.63) is 28.7 Å². The van der Waals surface area contributed by atoms with Crippen LogP contribution in [0.4, 0.5) is 0 Å². The lowest BCUT2D eigenvalue weighted by Gasteiger charge is -2.27. The Morgan fingerprint density at radius 3 is 2.55 bits per heavy atom. The van der Waals surface area contributed by atoms with Crippen LogP contribution in [0, 0.1) is 0 Å². The molecule has 2 N–H and O–H groups in total. The van der Waals surface area contributed by atoms with E-state index in [0.29, 0.717) is 12.3 Å². The van der Waals surface area contributed by atoms with Crippen molar-refractivity contribution in [1.29, 1.82) is 0 Å². The number of rotatable bonds is 7. The molecule has 1 atom stereocenters. The maximum Gasteiger partial charge on any atom is 0.258 e. The SMILES string of the molecule is CN(C)CC(C)(O)CNC(=O)COc1ccc(Br)cc1. The Morgan fingerprint density at radius 2 is 2.00 bits per heavy atom. The van der Waals surface area contributed by atoms with Gasteiger partial charge in [0.15, 0.2) is 6.61 Å². The summed E-state index contributed by atoms with van der Waals surface area (Å²) in [7, 11) is 3.74. The second kappa shape index (κ2) is 7.61. The molecule has 1 amide bonds. The van der Waals surface area contributed by atoms with Crippen molar-refractivity contribution in [2.75, 3.05) is 33.8 Å². The lowest BCUT2D eigenvalue weighted by Crippen LogP contribution is -2.47. The highest BCUT2D eigenvalue weighted by Crippen LogP contribution is 2.15. The molecule has 0 aliphatic rings. The molecule has 0 fully saturated rings. The number of hydrogen-bond acceptors (Lipinski definition) is 4. The fourth-order valence-electron chi connectivity index (χ4n) is 1.76. The summed E-state index contributed by atoms with van der Waals surface area (Å²) >= 11 is 3.33. The molecule has 0 saturated carbocycles. The average molecular weight is 345 g/mol. The summed E-state index contributed by atoms with van der Waals surface area (Å²) in [6.07, 6.45) is 0. The summed E-state index contributed by atoms with van der Waals surface area (Å²) < 4.78 is 6.30. The van der Waals surface area contributed by atoms with E-state index >= 15 is 0 Å². The van der Waals surface area contributed by atoms with E-state index in [1.165, 1.54) is 0 Å². The highest BCUT2D eigenvalue weighted by Gasteiger charge is 2.22. The maximum absolute atomic E-state index is 11.6. The molecule has 6 heteroatoms. The second-order valence-corrected chi connectivity index (χ2v) is 6.17. The van der Waals surface area contributed by atoms with Crippen molar-refractivity contribution >= 4 is 21.8 Å². The summed E-state index contributed by atoms with van der Waals surface area (Å²) in [4.78, 5) is 13.5. The van der Waals surface area contributed by atoms with Gasteiger partial charge in [0.1, 0.15) is 5.75 Å². The normalized spacial score (nSPS) is 13.9. The van der Waals surface area contributed by atoms with Crippen LogP contribution in [-0.4, -0.2) is 55.3 Å². The standard InChI is InChI=1S/C14H21BrN2O3/c1-14(19,10-17(2)3)9-16-13(18)8-20-12-6-4-11(15)5-7-12/h4-7,19H,8-10H2,1-3H3,(H,16,18). The number of ether oxygens (including phenoxy) is 1. The summed E-state index contributed by atoms with van der Waals surface area (Å²) in [5.74, 6) is 0.371. The number of nitrogens with one attached hydrogen (secondary N) is 1. The van der Waals surface area contributed by atoms with Crippen molar-refractivity contribution in [3.8, 4) is 5.75 Å².